The first-order chi connectivity index (χ1) is 18.4. The molecule has 4 aliphatic rings. The van der Waals surface area contributed by atoms with E-state index < -0.39 is 25.1 Å². The fourth-order valence-electron chi connectivity index (χ4n) is 7.37. The lowest BCUT2D eigenvalue weighted by Gasteiger charge is -2.43. The highest BCUT2D eigenvalue weighted by Gasteiger charge is 2.58. The number of likely N-dealkylation sites (tertiary alicyclic amines) is 1. The molecule has 204 valence electrons. The highest BCUT2D eigenvalue weighted by Crippen LogP contribution is 2.51. The number of nitrogens with zero attached hydrogens (tertiary/aromatic N) is 1. The Hall–Kier alpha value is -2.42. The zero-order valence-corrected chi connectivity index (χ0v) is 22.3. The third-order valence-corrected chi connectivity index (χ3v) is 9.07. The van der Waals surface area contributed by atoms with E-state index in [1.54, 1.807) is 17.0 Å². The van der Waals surface area contributed by atoms with Gasteiger partial charge in [0.2, 0.25) is 11.8 Å². The Balaban J connectivity index is 1.40. The number of benzene rings is 1. The van der Waals surface area contributed by atoms with Gasteiger partial charge in [0.15, 0.2) is 0 Å². The average molecular weight is 521 g/mol. The van der Waals surface area contributed by atoms with E-state index in [2.05, 4.69) is 6.92 Å². The van der Waals surface area contributed by atoms with Gasteiger partial charge in [-0.1, -0.05) is 62.5 Å². The lowest BCUT2D eigenvalue weighted by molar-refractivity contribution is -0.143. The van der Waals surface area contributed by atoms with Gasteiger partial charge in [-0.15, -0.1) is 0 Å². The zero-order chi connectivity index (χ0) is 26.8. The number of hydrogen-bond donors (Lipinski definition) is 3. The summed E-state index contributed by atoms with van der Waals surface area (Å²) in [6.07, 6.45) is 10.3. The number of aliphatic hydroxyl groups excluding tert-OH is 1. The Bertz CT molecular complexity index is 1110. The molecule has 0 bridgehead atoms. The maximum Gasteiger partial charge on any atom is 0.455 e. The van der Waals surface area contributed by atoms with Gasteiger partial charge in [-0.05, 0) is 68.0 Å². The van der Waals surface area contributed by atoms with Crippen LogP contribution in [0.15, 0.2) is 41.0 Å². The molecule has 1 aromatic rings. The molecule has 8 heteroatoms. The molecule has 2 amide bonds. The summed E-state index contributed by atoms with van der Waals surface area (Å²) in [6, 6.07) is 7.23. The number of allylic oxidation sites excluding steroid dienone is 1. The van der Waals surface area contributed by atoms with Gasteiger partial charge in [0.05, 0.1) is 24.5 Å². The van der Waals surface area contributed by atoms with Crippen LogP contribution in [-0.2, 0) is 14.2 Å². The molecular formula is C30H40BNO6. The van der Waals surface area contributed by atoms with Crippen molar-refractivity contribution in [1.82, 2.24) is 4.90 Å². The van der Waals surface area contributed by atoms with Crippen LogP contribution in [0.5, 0.6) is 5.75 Å². The maximum absolute atomic E-state index is 13.8. The minimum absolute atomic E-state index is 0.0212. The van der Waals surface area contributed by atoms with Gasteiger partial charge in [-0.2, -0.15) is 0 Å². The number of amides is 2. The molecule has 2 aliphatic heterocycles. The maximum atomic E-state index is 13.8. The van der Waals surface area contributed by atoms with Gasteiger partial charge >= 0.3 is 7.12 Å². The number of phenols is 1. The first kappa shape index (κ1) is 27.2. The summed E-state index contributed by atoms with van der Waals surface area (Å²) >= 11 is 0. The van der Waals surface area contributed by atoms with Crippen LogP contribution in [0.3, 0.4) is 0 Å². The average Bonchev–Trinajstić information content (AvgIpc) is 3.17. The van der Waals surface area contributed by atoms with Crippen LogP contribution in [0.1, 0.15) is 76.7 Å². The summed E-state index contributed by atoms with van der Waals surface area (Å²) in [7, 11) is -1.02. The SMILES string of the molecule is CCC/C(=C\c1ccccc1O)CC[C@H]1OB(O)C[C@H]2C1=C(CO)C[C@H]1C(=O)N(C3CCCCC3)C(=O)[C@H]12. The van der Waals surface area contributed by atoms with Crippen molar-refractivity contribution >= 4 is 25.0 Å². The second-order valence-corrected chi connectivity index (χ2v) is 11.5. The van der Waals surface area contributed by atoms with Crippen molar-refractivity contribution in [1.29, 1.82) is 0 Å². The van der Waals surface area contributed by atoms with Crippen LogP contribution < -0.4 is 0 Å². The molecule has 2 heterocycles. The minimum atomic E-state index is -1.02. The number of hydrogen-bond acceptors (Lipinski definition) is 6. The molecule has 0 spiro atoms. The monoisotopic (exact) mass is 521 g/mol. The van der Waals surface area contributed by atoms with Crippen LogP contribution in [-0.4, -0.2) is 57.8 Å². The summed E-state index contributed by atoms with van der Waals surface area (Å²) in [5.74, 6) is -1.19. The van der Waals surface area contributed by atoms with E-state index in [0.29, 0.717) is 19.3 Å². The first-order valence-electron chi connectivity index (χ1n) is 14.4. The molecule has 5 rings (SSSR count). The van der Waals surface area contributed by atoms with E-state index in [1.807, 2.05) is 18.2 Å². The van der Waals surface area contributed by atoms with E-state index in [9.17, 15) is 24.8 Å². The quantitative estimate of drug-likeness (QED) is 0.265. The van der Waals surface area contributed by atoms with Gasteiger partial charge in [-0.3, -0.25) is 14.5 Å². The zero-order valence-electron chi connectivity index (χ0n) is 22.3. The molecule has 7 nitrogen and oxygen atoms in total. The summed E-state index contributed by atoms with van der Waals surface area (Å²) in [5, 5.41) is 31.4. The topological polar surface area (TPSA) is 107 Å². The van der Waals surface area contributed by atoms with Gasteiger partial charge in [0.1, 0.15) is 5.75 Å². The third kappa shape index (κ3) is 5.23. The Morgan fingerprint density at radius 2 is 1.87 bits per heavy atom. The number of fused-ring (bicyclic) bond motifs is 3. The number of rotatable bonds is 8. The van der Waals surface area contributed by atoms with Crippen molar-refractivity contribution < 1.29 is 29.5 Å². The van der Waals surface area contributed by atoms with E-state index in [4.69, 9.17) is 4.65 Å². The van der Waals surface area contributed by atoms with E-state index >= 15 is 0 Å². The van der Waals surface area contributed by atoms with Crippen LogP contribution in [0, 0.1) is 17.8 Å². The Morgan fingerprint density at radius 3 is 2.58 bits per heavy atom. The highest BCUT2D eigenvalue weighted by molar-refractivity contribution is 6.43. The molecule has 2 aliphatic carbocycles. The molecule has 1 aromatic carbocycles. The molecule has 3 fully saturated rings. The predicted molar refractivity (Wildman–Crippen MR) is 146 cm³/mol. The van der Waals surface area contributed by atoms with E-state index in [1.165, 1.54) is 5.57 Å². The Morgan fingerprint density at radius 1 is 1.11 bits per heavy atom. The Labute approximate surface area is 225 Å². The fraction of sp³-hybridized carbons (Fsp3) is 0.600. The van der Waals surface area contributed by atoms with Crippen molar-refractivity contribution in [3.05, 3.63) is 46.5 Å². The number of imide groups is 1. The van der Waals surface area contributed by atoms with Crippen molar-refractivity contribution in [3.63, 3.8) is 0 Å². The number of carbonyl (C=O) groups is 2. The normalized spacial score (nSPS) is 28.7. The van der Waals surface area contributed by atoms with Crippen molar-refractivity contribution in [2.24, 2.45) is 17.8 Å². The smallest absolute Gasteiger partial charge is 0.455 e. The van der Waals surface area contributed by atoms with E-state index in [-0.39, 0.29) is 42.5 Å². The van der Waals surface area contributed by atoms with Crippen LogP contribution >= 0.6 is 0 Å². The van der Waals surface area contributed by atoms with Crippen LogP contribution in [0.25, 0.3) is 6.08 Å². The van der Waals surface area contributed by atoms with Gasteiger partial charge in [0, 0.05) is 11.6 Å². The number of aromatic hydroxyl groups is 1. The van der Waals surface area contributed by atoms with Crippen molar-refractivity contribution in [3.8, 4) is 5.75 Å². The molecule has 2 saturated heterocycles. The fourth-order valence-corrected chi connectivity index (χ4v) is 7.37. The lowest BCUT2D eigenvalue weighted by Crippen LogP contribution is -2.47. The van der Waals surface area contributed by atoms with Crippen molar-refractivity contribution in [2.75, 3.05) is 6.61 Å². The second kappa shape index (κ2) is 11.8. The van der Waals surface area contributed by atoms with Crippen LogP contribution in [0.4, 0.5) is 0 Å². The summed E-state index contributed by atoms with van der Waals surface area (Å²) in [4.78, 5) is 28.8. The molecule has 0 aromatic heterocycles. The number of phenolic OH excluding ortho intramolecular Hbond substituents is 1. The molecule has 38 heavy (non-hydrogen) atoms. The summed E-state index contributed by atoms with van der Waals surface area (Å²) in [6.45, 7) is 1.94. The largest absolute Gasteiger partial charge is 0.507 e. The molecule has 4 atom stereocenters. The Kier molecular flexibility index (Phi) is 8.41. The molecule has 0 unspecified atom stereocenters. The standard InChI is InChI=1S/C30H40BNO6/c1-2-8-19(15-20-9-6-7-12-25(20)34)13-14-26-27-21(18-33)16-23-28(24(27)17-31(37)38-26)30(36)32(29(23)35)22-10-4-3-5-11-22/h6-7,9,12,15,22-24,26,28,33-34,37H,2-5,8,10-11,13-14,16-18H2,1H3/b19-15+/t23-,24+,26-,28-/m1/s1. The van der Waals surface area contributed by atoms with Crippen LogP contribution in [0.2, 0.25) is 6.32 Å². The third-order valence-electron chi connectivity index (χ3n) is 9.07. The highest BCUT2D eigenvalue weighted by atomic mass is 16.5. The molecule has 1 saturated carbocycles. The second-order valence-electron chi connectivity index (χ2n) is 11.5. The number of para-hydroxylation sites is 1. The predicted octanol–water partition coefficient (Wildman–Crippen LogP) is 4.48. The van der Waals surface area contributed by atoms with Crippen molar-refractivity contribution in [2.45, 2.75) is 89.6 Å². The number of carbonyl (C=O) groups excluding carboxylic acids is 2. The lowest BCUT2D eigenvalue weighted by atomic mass is 9.58. The van der Waals surface area contributed by atoms with Gasteiger partial charge in [-0.25, -0.2) is 0 Å². The minimum Gasteiger partial charge on any atom is -0.507 e. The van der Waals surface area contributed by atoms with Gasteiger partial charge in [0.25, 0.3) is 0 Å². The molecule has 3 N–H and O–H groups in total. The first-order valence-corrected chi connectivity index (χ1v) is 14.4. The van der Waals surface area contributed by atoms with E-state index in [0.717, 1.165) is 61.7 Å². The number of aliphatic hydroxyl groups is 1. The van der Waals surface area contributed by atoms with Gasteiger partial charge < -0.3 is 19.9 Å². The molecular weight excluding hydrogens is 481 g/mol. The molecule has 0 radical (unpaired) electrons. The summed E-state index contributed by atoms with van der Waals surface area (Å²) in [5.41, 5.74) is 3.65. The summed E-state index contributed by atoms with van der Waals surface area (Å²) < 4.78 is 6.04.